The van der Waals surface area contributed by atoms with Crippen molar-refractivity contribution in [3.05, 3.63) is 23.7 Å². The monoisotopic (exact) mass is 301 g/mol. The molecule has 2 bridgehead atoms. The van der Waals surface area contributed by atoms with E-state index in [2.05, 4.69) is 18.0 Å². The van der Waals surface area contributed by atoms with Gasteiger partial charge in [0.15, 0.2) is 17.6 Å². The third kappa shape index (κ3) is 0.776. The molecule has 22 heavy (non-hydrogen) atoms. The lowest BCUT2D eigenvalue weighted by atomic mass is 9.26. The molecule has 116 valence electrons. The minimum atomic E-state index is -0.764. The molecule has 5 nitrogen and oxygen atoms in total. The number of hydrogen-bond acceptors (Lipinski definition) is 5. The number of aliphatic hydroxyl groups is 1. The molecule has 7 rings (SSSR count). The molecule has 6 fully saturated rings. The van der Waals surface area contributed by atoms with Gasteiger partial charge in [-0.05, 0) is 31.9 Å². The number of nitrogens with zero attached hydrogens (tertiary/aromatic N) is 1. The first-order valence-electron chi connectivity index (χ1n) is 8.12. The summed E-state index contributed by atoms with van der Waals surface area (Å²) < 4.78 is 11.6. The summed E-state index contributed by atoms with van der Waals surface area (Å²) in [6.45, 7) is 0. The summed E-state index contributed by atoms with van der Waals surface area (Å²) in [5.41, 5.74) is -1.52. The molecule has 2 heterocycles. The zero-order valence-electron chi connectivity index (χ0n) is 12.7. The van der Waals surface area contributed by atoms with Crippen molar-refractivity contribution in [3.8, 4) is 0 Å². The number of likely N-dealkylation sites (tertiary alicyclic amines) is 1. The third-order valence-electron chi connectivity index (χ3n) is 7.82. The van der Waals surface area contributed by atoms with Gasteiger partial charge in [0.25, 0.3) is 0 Å². The maximum Gasteiger partial charge on any atom is 0.175 e. The molecule has 0 amide bonds. The summed E-state index contributed by atoms with van der Waals surface area (Å²) in [5, 5.41) is 11.6. The van der Waals surface area contributed by atoms with E-state index in [-0.39, 0.29) is 23.3 Å². The molecule has 0 aromatic rings. The Balaban J connectivity index is 1.63. The Morgan fingerprint density at radius 3 is 3.09 bits per heavy atom. The summed E-state index contributed by atoms with van der Waals surface area (Å²) in [5.74, 6) is 2.12. The second-order valence-corrected chi connectivity index (χ2v) is 7.95. The van der Waals surface area contributed by atoms with Crippen LogP contribution in [0.3, 0.4) is 0 Å². The maximum absolute atomic E-state index is 12.7. The predicted octanol–water partition coefficient (Wildman–Crippen LogP) is 0.596. The molecular formula is C17H19NO4. The summed E-state index contributed by atoms with van der Waals surface area (Å²) in [6.07, 6.45) is 5.91. The Bertz CT molecular complexity index is 713. The number of ether oxygens (including phenoxy) is 2. The molecule has 0 aromatic carbocycles. The van der Waals surface area contributed by atoms with Crippen molar-refractivity contribution in [1.29, 1.82) is 0 Å². The first-order chi connectivity index (χ1) is 10.5. The van der Waals surface area contributed by atoms with E-state index in [9.17, 15) is 9.90 Å². The van der Waals surface area contributed by atoms with Crippen molar-refractivity contribution >= 4 is 5.78 Å². The standard InChI is InChI=1S/C17H19NO4/c1-18-11-5-8-3-4-10(21-2)13-12(8)16-7-15(18,17(11,16)20)6-9(19)14(16)22-13/h3-4,8,11-12,14,20H,5-7H2,1-2H3. The van der Waals surface area contributed by atoms with Crippen LogP contribution in [0.2, 0.25) is 0 Å². The van der Waals surface area contributed by atoms with Crippen LogP contribution in [0.25, 0.3) is 0 Å². The zero-order valence-corrected chi connectivity index (χ0v) is 12.7. The van der Waals surface area contributed by atoms with Crippen molar-refractivity contribution < 1.29 is 19.4 Å². The largest absolute Gasteiger partial charge is 0.493 e. The van der Waals surface area contributed by atoms with Crippen LogP contribution in [-0.2, 0) is 14.3 Å². The highest BCUT2D eigenvalue weighted by Crippen LogP contribution is 2.83. The van der Waals surface area contributed by atoms with Crippen molar-refractivity contribution in [2.75, 3.05) is 14.2 Å². The van der Waals surface area contributed by atoms with Gasteiger partial charge < -0.3 is 14.6 Å². The van der Waals surface area contributed by atoms with Crippen molar-refractivity contribution in [1.82, 2.24) is 4.90 Å². The Kier molecular flexibility index (Phi) is 1.66. The molecule has 2 aliphatic heterocycles. The van der Waals surface area contributed by atoms with Gasteiger partial charge in [0.05, 0.1) is 18.1 Å². The fraction of sp³-hybridized carbons (Fsp3) is 0.706. The predicted molar refractivity (Wildman–Crippen MR) is 75.6 cm³/mol. The average Bonchev–Trinajstić information content (AvgIpc) is 2.88. The maximum atomic E-state index is 12.7. The van der Waals surface area contributed by atoms with Crippen LogP contribution in [0.5, 0.6) is 0 Å². The minimum Gasteiger partial charge on any atom is -0.493 e. The normalized spacial score (nSPS) is 59.5. The van der Waals surface area contributed by atoms with Gasteiger partial charge in [0.2, 0.25) is 0 Å². The number of likely N-dealkylation sites (N-methyl/N-ethyl adjacent to an activating group) is 1. The zero-order chi connectivity index (χ0) is 15.1. The number of Topliss-reactive ketones (excluding diaryl/α,β-unsaturated/α-hetero) is 1. The van der Waals surface area contributed by atoms with Crippen molar-refractivity contribution in [2.45, 2.75) is 42.5 Å². The van der Waals surface area contributed by atoms with Gasteiger partial charge in [-0.3, -0.25) is 9.69 Å². The molecule has 2 spiro atoms. The lowest BCUT2D eigenvalue weighted by Crippen LogP contribution is -3.01. The smallest absolute Gasteiger partial charge is 0.175 e. The number of allylic oxidation sites excluding steroid dienone is 3. The fourth-order valence-electron chi connectivity index (χ4n) is 7.17. The lowest BCUT2D eigenvalue weighted by Gasteiger charge is -2.87. The van der Waals surface area contributed by atoms with Crippen LogP contribution in [0.1, 0.15) is 19.3 Å². The van der Waals surface area contributed by atoms with Crippen LogP contribution in [0.4, 0.5) is 0 Å². The Hall–Kier alpha value is -1.33. The topological polar surface area (TPSA) is 59.0 Å². The van der Waals surface area contributed by atoms with Crippen LogP contribution in [0.15, 0.2) is 23.7 Å². The van der Waals surface area contributed by atoms with E-state index in [1.54, 1.807) is 7.11 Å². The van der Waals surface area contributed by atoms with Gasteiger partial charge in [0, 0.05) is 18.4 Å². The van der Waals surface area contributed by atoms with Crippen molar-refractivity contribution in [3.63, 3.8) is 0 Å². The molecule has 1 N–H and O–H groups in total. The Morgan fingerprint density at radius 1 is 1.50 bits per heavy atom. The fourth-order valence-corrected chi connectivity index (χ4v) is 7.17. The van der Waals surface area contributed by atoms with Crippen LogP contribution in [-0.4, -0.2) is 53.2 Å². The van der Waals surface area contributed by atoms with E-state index in [0.29, 0.717) is 12.3 Å². The number of hydrogen-bond donors (Lipinski definition) is 1. The molecule has 5 aliphatic carbocycles. The van der Waals surface area contributed by atoms with E-state index in [0.717, 1.165) is 24.4 Å². The van der Waals surface area contributed by atoms with Crippen LogP contribution in [0, 0.1) is 17.3 Å². The third-order valence-corrected chi connectivity index (χ3v) is 7.82. The van der Waals surface area contributed by atoms with Crippen LogP contribution >= 0.6 is 0 Å². The number of carbonyl (C=O) groups is 1. The summed E-state index contributed by atoms with van der Waals surface area (Å²) >= 11 is 0. The van der Waals surface area contributed by atoms with E-state index in [1.165, 1.54) is 0 Å². The van der Waals surface area contributed by atoms with Crippen molar-refractivity contribution in [2.24, 2.45) is 17.3 Å². The van der Waals surface area contributed by atoms with E-state index < -0.39 is 17.1 Å². The highest BCUT2D eigenvalue weighted by atomic mass is 16.5. The number of methoxy groups -OCH3 is 1. The summed E-state index contributed by atoms with van der Waals surface area (Å²) in [7, 11) is 3.71. The highest BCUT2D eigenvalue weighted by molar-refractivity contribution is 5.91. The number of piperidine rings is 1. The molecule has 7 unspecified atom stereocenters. The number of fused-ring (bicyclic) bond motifs is 1. The second kappa shape index (κ2) is 3.02. The minimum absolute atomic E-state index is 0.102. The Labute approximate surface area is 128 Å². The highest BCUT2D eigenvalue weighted by Gasteiger charge is 2.95. The number of ketones is 1. The molecule has 7 atom stereocenters. The number of carbonyl (C=O) groups excluding carboxylic acids is 1. The summed E-state index contributed by atoms with van der Waals surface area (Å²) in [6, 6.07) is 0.148. The van der Waals surface area contributed by atoms with Gasteiger partial charge in [-0.25, -0.2) is 0 Å². The molecule has 7 aliphatic rings. The lowest BCUT2D eigenvalue weighted by molar-refractivity contribution is -0.424. The van der Waals surface area contributed by atoms with Gasteiger partial charge in [-0.2, -0.15) is 0 Å². The first-order valence-corrected chi connectivity index (χ1v) is 8.12. The van der Waals surface area contributed by atoms with Gasteiger partial charge in [0.1, 0.15) is 11.4 Å². The molecular weight excluding hydrogens is 282 g/mol. The van der Waals surface area contributed by atoms with Gasteiger partial charge in [-0.15, -0.1) is 0 Å². The molecule has 0 radical (unpaired) electrons. The van der Waals surface area contributed by atoms with E-state index in [1.807, 2.05) is 6.08 Å². The molecule has 5 heteroatoms. The Morgan fingerprint density at radius 2 is 2.32 bits per heavy atom. The van der Waals surface area contributed by atoms with Crippen LogP contribution < -0.4 is 0 Å². The van der Waals surface area contributed by atoms with Gasteiger partial charge >= 0.3 is 0 Å². The second-order valence-electron chi connectivity index (χ2n) is 7.95. The molecule has 4 saturated carbocycles. The molecule has 2 saturated heterocycles. The summed E-state index contributed by atoms with van der Waals surface area (Å²) in [4.78, 5) is 15.0. The molecule has 0 aromatic heterocycles. The first kappa shape index (κ1) is 12.1. The van der Waals surface area contributed by atoms with E-state index >= 15 is 0 Å². The van der Waals surface area contributed by atoms with E-state index in [4.69, 9.17) is 9.47 Å². The quantitative estimate of drug-likeness (QED) is 0.768. The number of rotatable bonds is 1. The SMILES string of the molecule is COC1=C2OC3C(=O)CC45CC36C2C(C=C1)CC(N4C)C65O. The van der Waals surface area contributed by atoms with Gasteiger partial charge in [-0.1, -0.05) is 6.08 Å². The average molecular weight is 301 g/mol.